The van der Waals surface area contributed by atoms with E-state index in [0.29, 0.717) is 13.0 Å². The molecule has 0 aliphatic carbocycles. The van der Waals surface area contributed by atoms with Gasteiger partial charge in [-0.3, -0.25) is 0 Å². The van der Waals surface area contributed by atoms with Crippen LogP contribution in [0, 0.1) is 0 Å². The molecule has 1 saturated heterocycles. The Morgan fingerprint density at radius 1 is 1.24 bits per heavy atom. The van der Waals surface area contributed by atoms with Gasteiger partial charge in [0.25, 0.3) is 5.92 Å². The third kappa shape index (κ3) is 2.80. The highest BCUT2D eigenvalue weighted by Gasteiger charge is 2.41. The van der Waals surface area contributed by atoms with Gasteiger partial charge in [-0.05, 0) is 37.8 Å². The first-order chi connectivity index (χ1) is 8.14. The van der Waals surface area contributed by atoms with Gasteiger partial charge in [0.05, 0.1) is 6.04 Å². The van der Waals surface area contributed by atoms with E-state index in [1.54, 1.807) is 36.0 Å². The number of nitrogens with one attached hydrogen (secondary N) is 1. The second-order valence-corrected chi connectivity index (χ2v) is 5.23. The fourth-order valence-corrected chi connectivity index (χ4v) is 2.58. The van der Waals surface area contributed by atoms with Gasteiger partial charge in [0.2, 0.25) is 0 Å². The Morgan fingerprint density at radius 3 is 2.47 bits per heavy atom. The molecule has 0 bridgehead atoms. The van der Waals surface area contributed by atoms with E-state index in [-0.39, 0.29) is 5.56 Å². The number of thioether (sulfide) groups is 1. The van der Waals surface area contributed by atoms with Gasteiger partial charge in [-0.25, -0.2) is 0 Å². The summed E-state index contributed by atoms with van der Waals surface area (Å²) < 4.78 is 28.4. The van der Waals surface area contributed by atoms with E-state index >= 15 is 0 Å². The lowest BCUT2D eigenvalue weighted by Crippen LogP contribution is -2.45. The highest BCUT2D eigenvalue weighted by atomic mass is 32.2. The predicted octanol–water partition coefficient (Wildman–Crippen LogP) is 3.64. The number of hydrogen-bond donors (Lipinski definition) is 1. The standard InChI is InChI=1S/C13H17F2NS/c1-17-11-7-5-10(6-8-11)13(14,15)12-4-2-3-9-16-12/h5-8,12,16H,2-4,9H2,1H3. The minimum atomic E-state index is -2.77. The first kappa shape index (κ1) is 12.8. The summed E-state index contributed by atoms with van der Waals surface area (Å²) in [7, 11) is 0. The lowest BCUT2D eigenvalue weighted by Gasteiger charge is -2.31. The van der Waals surface area contributed by atoms with Gasteiger partial charge in [0, 0.05) is 10.5 Å². The van der Waals surface area contributed by atoms with Crippen LogP contribution in [-0.4, -0.2) is 18.8 Å². The summed E-state index contributed by atoms with van der Waals surface area (Å²) in [5, 5.41) is 2.93. The normalized spacial score (nSPS) is 21.5. The van der Waals surface area contributed by atoms with Crippen LogP contribution in [0.2, 0.25) is 0 Å². The zero-order chi connectivity index (χ0) is 12.3. The molecule has 94 valence electrons. The van der Waals surface area contributed by atoms with Crippen LogP contribution in [0.1, 0.15) is 24.8 Å². The summed E-state index contributed by atoms with van der Waals surface area (Å²) in [6.07, 6.45) is 4.38. The molecular formula is C13H17F2NS. The monoisotopic (exact) mass is 257 g/mol. The van der Waals surface area contributed by atoms with Crippen molar-refractivity contribution in [3.05, 3.63) is 29.8 Å². The Morgan fingerprint density at radius 2 is 1.94 bits per heavy atom. The van der Waals surface area contributed by atoms with E-state index < -0.39 is 12.0 Å². The van der Waals surface area contributed by atoms with Crippen molar-refractivity contribution in [1.29, 1.82) is 0 Å². The zero-order valence-corrected chi connectivity index (χ0v) is 10.7. The summed E-state index contributed by atoms with van der Waals surface area (Å²) in [5.74, 6) is -2.77. The first-order valence-corrected chi connectivity index (χ1v) is 7.13. The van der Waals surface area contributed by atoms with Crippen molar-refractivity contribution < 1.29 is 8.78 Å². The maximum atomic E-state index is 14.2. The summed E-state index contributed by atoms with van der Waals surface area (Å²) in [4.78, 5) is 1.01. The molecule has 17 heavy (non-hydrogen) atoms. The van der Waals surface area contributed by atoms with Crippen molar-refractivity contribution in [3.8, 4) is 0 Å². The quantitative estimate of drug-likeness (QED) is 0.830. The SMILES string of the molecule is CSc1ccc(C(F)(F)C2CCCCN2)cc1. The maximum Gasteiger partial charge on any atom is 0.288 e. The average Bonchev–Trinajstić information content (AvgIpc) is 2.40. The van der Waals surface area contributed by atoms with Gasteiger partial charge in [0.1, 0.15) is 0 Å². The molecule has 1 aromatic rings. The molecule has 0 aromatic heterocycles. The fourth-order valence-electron chi connectivity index (χ4n) is 2.18. The van der Waals surface area contributed by atoms with Gasteiger partial charge in [-0.15, -0.1) is 11.8 Å². The molecule has 1 aromatic carbocycles. The van der Waals surface area contributed by atoms with Crippen LogP contribution in [0.5, 0.6) is 0 Å². The Kier molecular flexibility index (Phi) is 4.05. The average molecular weight is 257 g/mol. The van der Waals surface area contributed by atoms with Gasteiger partial charge in [-0.1, -0.05) is 18.6 Å². The molecule has 1 N–H and O–H groups in total. The molecule has 0 radical (unpaired) electrons. The molecule has 1 unspecified atom stereocenters. The van der Waals surface area contributed by atoms with E-state index in [1.165, 1.54) is 0 Å². The number of halogens is 2. The summed E-state index contributed by atoms with van der Waals surface area (Å²) >= 11 is 1.56. The molecule has 2 rings (SSSR count). The van der Waals surface area contributed by atoms with E-state index in [1.807, 2.05) is 6.26 Å². The van der Waals surface area contributed by atoms with Crippen molar-refractivity contribution >= 4 is 11.8 Å². The van der Waals surface area contributed by atoms with Crippen molar-refractivity contribution in [2.45, 2.75) is 36.1 Å². The third-order valence-corrected chi connectivity index (χ3v) is 3.97. The lowest BCUT2D eigenvalue weighted by molar-refractivity contribution is -0.0512. The van der Waals surface area contributed by atoms with Crippen LogP contribution in [0.3, 0.4) is 0 Å². The van der Waals surface area contributed by atoms with Crippen LogP contribution < -0.4 is 5.32 Å². The molecule has 1 aliphatic rings. The summed E-state index contributed by atoms with van der Waals surface area (Å²) in [6, 6.07) is 5.90. The topological polar surface area (TPSA) is 12.0 Å². The van der Waals surface area contributed by atoms with Gasteiger partial charge in [-0.2, -0.15) is 8.78 Å². The summed E-state index contributed by atoms with van der Waals surface area (Å²) in [6.45, 7) is 0.698. The Hall–Kier alpha value is -0.610. The van der Waals surface area contributed by atoms with Crippen LogP contribution in [0.25, 0.3) is 0 Å². The maximum absolute atomic E-state index is 14.2. The van der Waals surface area contributed by atoms with E-state index in [0.717, 1.165) is 17.7 Å². The Balaban J connectivity index is 2.17. The van der Waals surface area contributed by atoms with Crippen LogP contribution in [0.4, 0.5) is 8.78 Å². The molecule has 0 spiro atoms. The fraction of sp³-hybridized carbons (Fsp3) is 0.538. The highest BCUT2D eigenvalue weighted by Crippen LogP contribution is 2.35. The molecule has 0 saturated carbocycles. The molecule has 0 amide bonds. The van der Waals surface area contributed by atoms with E-state index in [9.17, 15) is 8.78 Å². The summed E-state index contributed by atoms with van der Waals surface area (Å²) in [5.41, 5.74) is 0.120. The number of rotatable bonds is 3. The largest absolute Gasteiger partial charge is 0.308 e. The second-order valence-electron chi connectivity index (χ2n) is 4.35. The highest BCUT2D eigenvalue weighted by molar-refractivity contribution is 7.98. The number of piperidine rings is 1. The smallest absolute Gasteiger partial charge is 0.288 e. The van der Waals surface area contributed by atoms with Gasteiger partial charge >= 0.3 is 0 Å². The molecule has 1 aliphatic heterocycles. The molecule has 1 fully saturated rings. The van der Waals surface area contributed by atoms with Gasteiger partial charge < -0.3 is 5.32 Å². The Bertz CT molecular complexity index is 358. The van der Waals surface area contributed by atoms with E-state index in [4.69, 9.17) is 0 Å². The zero-order valence-electron chi connectivity index (χ0n) is 9.88. The van der Waals surface area contributed by atoms with Gasteiger partial charge in [0.15, 0.2) is 0 Å². The third-order valence-electron chi connectivity index (χ3n) is 3.22. The van der Waals surface area contributed by atoms with E-state index in [2.05, 4.69) is 5.32 Å². The molecule has 1 atom stereocenters. The van der Waals surface area contributed by atoms with Crippen LogP contribution in [-0.2, 0) is 5.92 Å². The first-order valence-electron chi connectivity index (χ1n) is 5.90. The molecular weight excluding hydrogens is 240 g/mol. The van der Waals surface area contributed by atoms with Crippen molar-refractivity contribution in [2.24, 2.45) is 0 Å². The Labute approximate surface area is 105 Å². The lowest BCUT2D eigenvalue weighted by atomic mass is 9.94. The van der Waals surface area contributed by atoms with Crippen LogP contribution >= 0.6 is 11.8 Å². The van der Waals surface area contributed by atoms with Crippen molar-refractivity contribution in [1.82, 2.24) is 5.32 Å². The molecule has 4 heteroatoms. The predicted molar refractivity (Wildman–Crippen MR) is 67.8 cm³/mol. The number of benzene rings is 1. The second kappa shape index (κ2) is 5.36. The minimum absolute atomic E-state index is 0.120. The number of alkyl halides is 2. The molecule has 1 nitrogen and oxygen atoms in total. The van der Waals surface area contributed by atoms with Crippen molar-refractivity contribution in [2.75, 3.05) is 12.8 Å². The number of hydrogen-bond acceptors (Lipinski definition) is 2. The van der Waals surface area contributed by atoms with Crippen LogP contribution in [0.15, 0.2) is 29.2 Å². The van der Waals surface area contributed by atoms with Crippen molar-refractivity contribution in [3.63, 3.8) is 0 Å². The molecule has 1 heterocycles. The minimum Gasteiger partial charge on any atom is -0.308 e.